The molecule has 3 aromatic rings. The minimum absolute atomic E-state index is 0.0688. The van der Waals surface area contributed by atoms with Gasteiger partial charge in [0.05, 0.1) is 6.61 Å². The van der Waals surface area contributed by atoms with Crippen LogP contribution in [0, 0.1) is 0 Å². The van der Waals surface area contributed by atoms with E-state index < -0.39 is 0 Å². The lowest BCUT2D eigenvalue weighted by atomic mass is 10.00. The van der Waals surface area contributed by atoms with Crippen molar-refractivity contribution < 1.29 is 5.11 Å². The minimum atomic E-state index is 0.0688. The molecule has 0 unspecified atom stereocenters. The summed E-state index contributed by atoms with van der Waals surface area (Å²) >= 11 is 0. The van der Waals surface area contributed by atoms with Crippen molar-refractivity contribution in [1.82, 2.24) is 4.57 Å². The molecule has 0 spiro atoms. The summed E-state index contributed by atoms with van der Waals surface area (Å²) in [7, 11) is 2.05. The molecule has 0 bridgehead atoms. The van der Waals surface area contributed by atoms with E-state index in [0.29, 0.717) is 0 Å². The summed E-state index contributed by atoms with van der Waals surface area (Å²) in [5.41, 5.74) is 4.46. The lowest BCUT2D eigenvalue weighted by Crippen LogP contribution is -1.88. The summed E-state index contributed by atoms with van der Waals surface area (Å²) in [6, 6.07) is 16.3. The van der Waals surface area contributed by atoms with Crippen LogP contribution in [0.1, 0.15) is 5.56 Å². The van der Waals surface area contributed by atoms with Crippen molar-refractivity contribution >= 4 is 10.9 Å². The van der Waals surface area contributed by atoms with E-state index in [2.05, 4.69) is 29.0 Å². The van der Waals surface area contributed by atoms with Gasteiger partial charge in [-0.15, -0.1) is 0 Å². The van der Waals surface area contributed by atoms with Gasteiger partial charge in [0.25, 0.3) is 0 Å². The Morgan fingerprint density at radius 2 is 1.67 bits per heavy atom. The van der Waals surface area contributed by atoms with Gasteiger partial charge in [0.15, 0.2) is 0 Å². The third kappa shape index (κ3) is 1.62. The Morgan fingerprint density at radius 3 is 2.50 bits per heavy atom. The highest BCUT2D eigenvalue weighted by Crippen LogP contribution is 2.32. The second-order valence-corrected chi connectivity index (χ2v) is 4.49. The first-order valence-corrected chi connectivity index (χ1v) is 6.04. The molecular formula is C16H15NO. The summed E-state index contributed by atoms with van der Waals surface area (Å²) in [6.07, 6.45) is 2.12. The summed E-state index contributed by atoms with van der Waals surface area (Å²) in [5.74, 6) is 0. The Bertz CT molecular complexity index is 697. The van der Waals surface area contributed by atoms with E-state index >= 15 is 0 Å². The van der Waals surface area contributed by atoms with Crippen molar-refractivity contribution in [2.45, 2.75) is 6.61 Å². The molecule has 0 saturated heterocycles. The number of aliphatic hydroxyl groups excluding tert-OH is 1. The maximum atomic E-state index is 9.45. The third-order valence-corrected chi connectivity index (χ3v) is 3.37. The summed E-state index contributed by atoms with van der Waals surface area (Å²) in [4.78, 5) is 0. The van der Waals surface area contributed by atoms with Gasteiger partial charge in [-0.1, -0.05) is 42.5 Å². The van der Waals surface area contributed by atoms with Gasteiger partial charge in [-0.25, -0.2) is 0 Å². The van der Waals surface area contributed by atoms with Crippen LogP contribution in [0.25, 0.3) is 22.0 Å². The Labute approximate surface area is 106 Å². The Hall–Kier alpha value is -2.06. The zero-order valence-electron chi connectivity index (χ0n) is 10.3. The van der Waals surface area contributed by atoms with Gasteiger partial charge in [-0.3, -0.25) is 0 Å². The van der Waals surface area contributed by atoms with Crippen LogP contribution >= 0.6 is 0 Å². The number of fused-ring (bicyclic) bond motifs is 1. The van der Waals surface area contributed by atoms with Gasteiger partial charge in [-0.05, 0) is 17.2 Å². The molecule has 1 N–H and O–H groups in total. The molecule has 1 heterocycles. The van der Waals surface area contributed by atoms with Crippen LogP contribution in [0.5, 0.6) is 0 Å². The molecule has 0 fully saturated rings. The van der Waals surface area contributed by atoms with Crippen molar-refractivity contribution in [3.63, 3.8) is 0 Å². The number of nitrogens with zero attached hydrogens (tertiary/aromatic N) is 1. The van der Waals surface area contributed by atoms with Crippen LogP contribution in [0.15, 0.2) is 54.7 Å². The Kier molecular flexibility index (Phi) is 2.65. The predicted molar refractivity (Wildman–Crippen MR) is 74.3 cm³/mol. The number of rotatable bonds is 2. The maximum Gasteiger partial charge on any atom is 0.0687 e. The third-order valence-electron chi connectivity index (χ3n) is 3.37. The SMILES string of the molecule is Cn1cc(-c2ccccc2CO)c2ccccc21. The largest absolute Gasteiger partial charge is 0.392 e. The molecule has 0 aliphatic heterocycles. The van der Waals surface area contributed by atoms with Crippen LogP contribution in [-0.2, 0) is 13.7 Å². The molecule has 2 aromatic carbocycles. The van der Waals surface area contributed by atoms with Gasteiger partial charge >= 0.3 is 0 Å². The molecule has 0 aliphatic rings. The molecule has 90 valence electrons. The molecule has 0 atom stereocenters. The van der Waals surface area contributed by atoms with Crippen molar-refractivity contribution in [3.05, 3.63) is 60.3 Å². The first kappa shape index (κ1) is 11.1. The van der Waals surface area contributed by atoms with Crippen LogP contribution in [0.4, 0.5) is 0 Å². The van der Waals surface area contributed by atoms with Crippen LogP contribution in [0.3, 0.4) is 0 Å². The standard InChI is InChI=1S/C16H15NO/c1-17-10-15(14-8-4-5-9-16(14)17)13-7-3-2-6-12(13)11-18/h2-10,18H,11H2,1H3. The van der Waals surface area contributed by atoms with Gasteiger partial charge in [0.1, 0.15) is 0 Å². The molecule has 3 rings (SSSR count). The fourth-order valence-electron chi connectivity index (χ4n) is 2.48. The Balaban J connectivity index is 2.32. The van der Waals surface area contributed by atoms with Crippen molar-refractivity contribution in [2.75, 3.05) is 0 Å². The fourth-order valence-corrected chi connectivity index (χ4v) is 2.48. The number of aromatic nitrogens is 1. The summed E-state index contributed by atoms with van der Waals surface area (Å²) < 4.78 is 2.12. The number of aryl methyl sites for hydroxylation is 1. The average Bonchev–Trinajstić information content (AvgIpc) is 2.77. The zero-order chi connectivity index (χ0) is 12.5. The van der Waals surface area contributed by atoms with Gasteiger partial charge in [-0.2, -0.15) is 0 Å². The number of aliphatic hydroxyl groups is 1. The van der Waals surface area contributed by atoms with Gasteiger partial charge in [0, 0.05) is 29.7 Å². The lowest BCUT2D eigenvalue weighted by Gasteiger charge is -2.05. The maximum absolute atomic E-state index is 9.45. The number of benzene rings is 2. The number of hydrogen-bond donors (Lipinski definition) is 1. The van der Waals surface area contributed by atoms with E-state index in [1.54, 1.807) is 0 Å². The minimum Gasteiger partial charge on any atom is -0.392 e. The predicted octanol–water partition coefficient (Wildman–Crippen LogP) is 3.34. The van der Waals surface area contributed by atoms with E-state index in [9.17, 15) is 5.11 Å². The molecular weight excluding hydrogens is 222 g/mol. The van der Waals surface area contributed by atoms with E-state index in [0.717, 1.165) is 11.1 Å². The summed E-state index contributed by atoms with van der Waals surface area (Å²) in [6.45, 7) is 0.0688. The molecule has 2 heteroatoms. The number of para-hydroxylation sites is 1. The highest BCUT2D eigenvalue weighted by molar-refractivity contribution is 5.96. The van der Waals surface area contributed by atoms with Crippen molar-refractivity contribution in [3.8, 4) is 11.1 Å². The van der Waals surface area contributed by atoms with Crippen LogP contribution in [-0.4, -0.2) is 9.67 Å². The second kappa shape index (κ2) is 4.31. The van der Waals surface area contributed by atoms with Crippen LogP contribution in [0.2, 0.25) is 0 Å². The summed E-state index contributed by atoms with van der Waals surface area (Å²) in [5, 5.41) is 10.7. The van der Waals surface area contributed by atoms with E-state index in [4.69, 9.17) is 0 Å². The van der Waals surface area contributed by atoms with E-state index in [1.165, 1.54) is 16.5 Å². The first-order valence-electron chi connectivity index (χ1n) is 6.04. The zero-order valence-corrected chi connectivity index (χ0v) is 10.3. The fraction of sp³-hybridized carbons (Fsp3) is 0.125. The quantitative estimate of drug-likeness (QED) is 0.726. The van der Waals surface area contributed by atoms with Crippen LogP contribution < -0.4 is 0 Å². The second-order valence-electron chi connectivity index (χ2n) is 4.49. The van der Waals surface area contributed by atoms with Crippen molar-refractivity contribution in [1.29, 1.82) is 0 Å². The van der Waals surface area contributed by atoms with Crippen molar-refractivity contribution in [2.24, 2.45) is 7.05 Å². The monoisotopic (exact) mass is 237 g/mol. The normalized spacial score (nSPS) is 11.0. The molecule has 0 saturated carbocycles. The van der Waals surface area contributed by atoms with E-state index in [-0.39, 0.29) is 6.61 Å². The first-order chi connectivity index (χ1) is 8.81. The molecule has 18 heavy (non-hydrogen) atoms. The highest BCUT2D eigenvalue weighted by Gasteiger charge is 2.10. The van der Waals surface area contributed by atoms with Gasteiger partial charge < -0.3 is 9.67 Å². The molecule has 1 aromatic heterocycles. The Morgan fingerprint density at radius 1 is 0.944 bits per heavy atom. The number of hydrogen-bond acceptors (Lipinski definition) is 1. The lowest BCUT2D eigenvalue weighted by molar-refractivity contribution is 0.282. The molecule has 0 aliphatic carbocycles. The average molecular weight is 237 g/mol. The molecule has 0 radical (unpaired) electrons. The smallest absolute Gasteiger partial charge is 0.0687 e. The molecule has 2 nitrogen and oxygen atoms in total. The highest BCUT2D eigenvalue weighted by atomic mass is 16.3. The van der Waals surface area contributed by atoms with Gasteiger partial charge in [0.2, 0.25) is 0 Å². The van der Waals surface area contributed by atoms with E-state index in [1.807, 2.05) is 37.4 Å². The topological polar surface area (TPSA) is 25.2 Å². The molecule has 0 amide bonds.